The summed E-state index contributed by atoms with van der Waals surface area (Å²) in [6.45, 7) is 7.67. The summed E-state index contributed by atoms with van der Waals surface area (Å²) in [4.78, 5) is 33.9. The van der Waals surface area contributed by atoms with Gasteiger partial charge >= 0.3 is 0 Å². The van der Waals surface area contributed by atoms with Crippen LogP contribution in [0.2, 0.25) is 0 Å². The fourth-order valence-electron chi connectivity index (χ4n) is 4.13. The second kappa shape index (κ2) is 9.76. The maximum Gasteiger partial charge on any atom is 0.262 e. The van der Waals surface area contributed by atoms with Gasteiger partial charge in [-0.2, -0.15) is 0 Å². The topological polar surface area (TPSA) is 59.6 Å². The van der Waals surface area contributed by atoms with Crippen LogP contribution in [0.4, 0.5) is 0 Å². The molecule has 1 aromatic carbocycles. The molecule has 158 valence electrons. The number of hydrogen-bond donors (Lipinski definition) is 1. The van der Waals surface area contributed by atoms with Crippen LogP contribution in [0.15, 0.2) is 34.2 Å². The minimum absolute atomic E-state index is 0.0143. The number of thioether (sulfide) groups is 1. The summed E-state index contributed by atoms with van der Waals surface area (Å²) in [6, 6.07) is 7.46. The number of carbonyl (C=O) groups excluding carboxylic acids is 1. The van der Waals surface area contributed by atoms with E-state index >= 15 is 0 Å². The molecule has 2 aromatic rings. The molecule has 3 rings (SSSR count). The Hall–Kier alpha value is -1.86. The average Bonchev–Trinajstić information content (AvgIpc) is 2.67. The molecule has 1 saturated heterocycles. The number of fused-ring (bicyclic) bond motifs is 1. The van der Waals surface area contributed by atoms with Crippen LogP contribution in [-0.4, -0.2) is 59.8 Å². The maximum atomic E-state index is 13.1. The van der Waals surface area contributed by atoms with Gasteiger partial charge in [0.1, 0.15) is 0 Å². The molecule has 0 unspecified atom stereocenters. The van der Waals surface area contributed by atoms with Gasteiger partial charge in [0.2, 0.25) is 5.91 Å². The zero-order valence-electron chi connectivity index (χ0n) is 18.0. The third kappa shape index (κ3) is 5.60. The number of nitrogens with one attached hydrogen (secondary N) is 1. The summed E-state index contributed by atoms with van der Waals surface area (Å²) in [5.74, 6) is 1.54. The molecule has 1 amide bonds. The Morgan fingerprint density at radius 1 is 1.21 bits per heavy atom. The van der Waals surface area contributed by atoms with E-state index in [2.05, 4.69) is 27.9 Å². The van der Waals surface area contributed by atoms with Crippen LogP contribution in [0.3, 0.4) is 0 Å². The van der Waals surface area contributed by atoms with E-state index in [0.717, 1.165) is 26.1 Å². The Morgan fingerprint density at radius 2 is 1.90 bits per heavy atom. The summed E-state index contributed by atoms with van der Waals surface area (Å²) in [5, 5.41) is 1.29. The predicted molar refractivity (Wildman–Crippen MR) is 119 cm³/mol. The highest BCUT2D eigenvalue weighted by molar-refractivity contribution is 7.99. The van der Waals surface area contributed by atoms with Gasteiger partial charge in [-0.25, -0.2) is 4.98 Å². The van der Waals surface area contributed by atoms with Gasteiger partial charge in [0.15, 0.2) is 5.16 Å². The lowest BCUT2D eigenvalue weighted by Gasteiger charge is -2.35. The highest BCUT2D eigenvalue weighted by atomic mass is 32.2. The molecule has 2 atom stereocenters. The van der Waals surface area contributed by atoms with Gasteiger partial charge in [-0.05, 0) is 30.4 Å². The van der Waals surface area contributed by atoms with E-state index in [0.29, 0.717) is 40.2 Å². The number of amides is 1. The number of hydrogen-bond acceptors (Lipinski definition) is 4. The molecule has 1 fully saturated rings. The molecule has 0 saturated carbocycles. The first-order chi connectivity index (χ1) is 13.8. The summed E-state index contributed by atoms with van der Waals surface area (Å²) < 4.78 is 1.75. The zero-order chi connectivity index (χ0) is 21.0. The standard InChI is InChI=1S/C22H32N4O2S/c1-16-12-17(2)14-25(13-16)20(27)15-29-22-23-19-9-6-5-8-18(19)21(28)26(22)11-7-10-24(3)4/h5-6,8-9,16-17H,7,10-15H2,1-4H3/p+1/t16-,17-/m0/s1. The third-order valence-corrected chi connectivity index (χ3v) is 6.39. The number of para-hydroxylation sites is 1. The Balaban J connectivity index is 1.79. The molecule has 1 aliphatic heterocycles. The van der Waals surface area contributed by atoms with Crippen molar-refractivity contribution >= 4 is 28.6 Å². The summed E-state index contributed by atoms with van der Waals surface area (Å²) in [7, 11) is 4.21. The third-order valence-electron chi connectivity index (χ3n) is 5.43. The van der Waals surface area contributed by atoms with Gasteiger partial charge in [0.25, 0.3) is 5.56 Å². The van der Waals surface area contributed by atoms with E-state index in [4.69, 9.17) is 4.98 Å². The SMILES string of the molecule is C[C@H]1C[C@H](C)CN(C(=O)CSc2nc3ccccc3c(=O)n2CCC[NH+](C)C)C1. The second-order valence-corrected chi connectivity index (χ2v) is 9.65. The van der Waals surface area contributed by atoms with Crippen LogP contribution < -0.4 is 10.5 Å². The van der Waals surface area contributed by atoms with Crippen molar-refractivity contribution in [1.82, 2.24) is 14.5 Å². The van der Waals surface area contributed by atoms with E-state index in [1.54, 1.807) is 4.57 Å². The minimum atomic E-state index is -0.0143. The first-order valence-corrected chi connectivity index (χ1v) is 11.5. The van der Waals surface area contributed by atoms with Crippen molar-refractivity contribution in [2.75, 3.05) is 39.5 Å². The van der Waals surface area contributed by atoms with Crippen LogP contribution in [0.5, 0.6) is 0 Å². The summed E-state index contributed by atoms with van der Waals surface area (Å²) in [5.41, 5.74) is 0.682. The van der Waals surface area contributed by atoms with Crippen LogP contribution >= 0.6 is 11.8 Å². The predicted octanol–water partition coefficient (Wildman–Crippen LogP) is 1.53. The Kier molecular flexibility index (Phi) is 7.35. The molecule has 1 aromatic heterocycles. The van der Waals surface area contributed by atoms with Crippen molar-refractivity contribution in [3.63, 3.8) is 0 Å². The molecular weight excluding hydrogens is 384 g/mol. The molecule has 0 bridgehead atoms. The van der Waals surface area contributed by atoms with Crippen molar-refractivity contribution in [2.24, 2.45) is 11.8 Å². The van der Waals surface area contributed by atoms with Gasteiger partial charge in [0.05, 0.1) is 37.3 Å². The fourth-order valence-corrected chi connectivity index (χ4v) is 5.06. The Morgan fingerprint density at radius 3 is 2.59 bits per heavy atom. The molecule has 0 spiro atoms. The van der Waals surface area contributed by atoms with E-state index < -0.39 is 0 Å². The number of aromatic nitrogens is 2. The lowest BCUT2D eigenvalue weighted by Crippen LogP contribution is -3.05. The largest absolute Gasteiger partial charge is 0.341 e. The number of piperidine rings is 1. The normalized spacial score (nSPS) is 19.8. The van der Waals surface area contributed by atoms with E-state index in [9.17, 15) is 9.59 Å². The average molecular weight is 418 g/mol. The quantitative estimate of drug-likeness (QED) is 0.548. The molecule has 0 radical (unpaired) electrons. The number of nitrogens with zero attached hydrogens (tertiary/aromatic N) is 3. The van der Waals surface area contributed by atoms with Crippen molar-refractivity contribution in [3.8, 4) is 0 Å². The molecule has 1 N–H and O–H groups in total. The smallest absolute Gasteiger partial charge is 0.262 e. The number of quaternary nitrogens is 1. The van der Waals surface area contributed by atoms with Gasteiger partial charge < -0.3 is 9.80 Å². The lowest BCUT2D eigenvalue weighted by molar-refractivity contribution is -0.858. The van der Waals surface area contributed by atoms with Gasteiger partial charge in [-0.3, -0.25) is 14.2 Å². The first kappa shape index (κ1) is 21.8. The second-order valence-electron chi connectivity index (χ2n) is 8.71. The molecule has 7 heteroatoms. The van der Waals surface area contributed by atoms with Crippen LogP contribution in [0, 0.1) is 11.8 Å². The van der Waals surface area contributed by atoms with Crippen molar-refractivity contribution in [2.45, 2.75) is 38.4 Å². The van der Waals surface area contributed by atoms with Gasteiger partial charge in [-0.1, -0.05) is 37.7 Å². The van der Waals surface area contributed by atoms with Crippen LogP contribution in [0.25, 0.3) is 10.9 Å². The van der Waals surface area contributed by atoms with E-state index in [1.165, 1.54) is 23.1 Å². The van der Waals surface area contributed by atoms with Gasteiger partial charge in [-0.15, -0.1) is 0 Å². The molecule has 29 heavy (non-hydrogen) atoms. The van der Waals surface area contributed by atoms with Crippen molar-refractivity contribution in [1.29, 1.82) is 0 Å². The van der Waals surface area contributed by atoms with Gasteiger partial charge in [0, 0.05) is 26.1 Å². The summed E-state index contributed by atoms with van der Waals surface area (Å²) in [6.07, 6.45) is 2.07. The highest BCUT2D eigenvalue weighted by Crippen LogP contribution is 2.23. The molecule has 6 nitrogen and oxygen atoms in total. The van der Waals surface area contributed by atoms with E-state index in [-0.39, 0.29) is 11.5 Å². The summed E-state index contributed by atoms with van der Waals surface area (Å²) >= 11 is 1.39. The highest BCUT2D eigenvalue weighted by Gasteiger charge is 2.25. The monoisotopic (exact) mass is 417 g/mol. The zero-order valence-corrected chi connectivity index (χ0v) is 18.8. The number of carbonyl (C=O) groups is 1. The Labute approximate surface area is 177 Å². The fraction of sp³-hybridized carbons (Fsp3) is 0.591. The van der Waals surface area contributed by atoms with Crippen molar-refractivity contribution < 1.29 is 9.69 Å². The van der Waals surface area contributed by atoms with Crippen LogP contribution in [-0.2, 0) is 11.3 Å². The maximum absolute atomic E-state index is 13.1. The van der Waals surface area contributed by atoms with E-state index in [1.807, 2.05) is 29.2 Å². The number of rotatable bonds is 7. The van der Waals surface area contributed by atoms with Crippen LogP contribution in [0.1, 0.15) is 26.7 Å². The number of benzene rings is 1. The Bertz CT molecular complexity index is 901. The molecular formula is C22H33N4O2S+. The first-order valence-electron chi connectivity index (χ1n) is 10.5. The molecule has 1 aliphatic rings. The molecule has 2 heterocycles. The lowest BCUT2D eigenvalue weighted by atomic mass is 9.92. The van der Waals surface area contributed by atoms with Crippen molar-refractivity contribution in [3.05, 3.63) is 34.6 Å². The number of likely N-dealkylation sites (tertiary alicyclic amines) is 1. The minimum Gasteiger partial charge on any atom is -0.341 e. The molecule has 0 aliphatic carbocycles.